The van der Waals surface area contributed by atoms with Crippen LogP contribution in [0.1, 0.15) is 66.3 Å². The maximum atomic E-state index is 13.8. The van der Waals surface area contributed by atoms with E-state index in [4.69, 9.17) is 4.52 Å². The van der Waals surface area contributed by atoms with E-state index in [2.05, 4.69) is 22.0 Å². The third kappa shape index (κ3) is 1.94. The Labute approximate surface area is 152 Å². The Morgan fingerprint density at radius 2 is 2.23 bits per heavy atom. The summed E-state index contributed by atoms with van der Waals surface area (Å²) in [5.41, 5.74) is 3.93. The molecule has 3 atom stereocenters. The van der Waals surface area contributed by atoms with Gasteiger partial charge < -0.3 is 14.5 Å². The van der Waals surface area contributed by atoms with Gasteiger partial charge in [-0.3, -0.25) is 4.79 Å². The summed E-state index contributed by atoms with van der Waals surface area (Å²) in [7, 11) is 0. The molecule has 4 heterocycles. The Morgan fingerprint density at radius 1 is 1.38 bits per heavy atom. The number of pyridine rings is 1. The summed E-state index contributed by atoms with van der Waals surface area (Å²) in [6, 6.07) is 0.371. The minimum atomic E-state index is -0.141. The number of carbonyl (C=O) groups is 1. The van der Waals surface area contributed by atoms with E-state index in [1.165, 1.54) is 0 Å². The zero-order chi connectivity index (χ0) is 18.1. The van der Waals surface area contributed by atoms with Crippen molar-refractivity contribution in [1.29, 1.82) is 0 Å². The summed E-state index contributed by atoms with van der Waals surface area (Å²) in [4.78, 5) is 20.5. The lowest BCUT2D eigenvalue weighted by atomic mass is 9.72. The van der Waals surface area contributed by atoms with Crippen LogP contribution in [0.25, 0.3) is 11.1 Å². The highest BCUT2D eigenvalue weighted by molar-refractivity contribution is 6.08. The molecule has 6 heteroatoms. The van der Waals surface area contributed by atoms with Gasteiger partial charge in [-0.05, 0) is 57.4 Å². The zero-order valence-electron chi connectivity index (χ0n) is 15.4. The van der Waals surface area contributed by atoms with Crippen molar-refractivity contribution in [3.05, 3.63) is 22.5 Å². The molecule has 6 nitrogen and oxygen atoms in total. The van der Waals surface area contributed by atoms with E-state index < -0.39 is 0 Å². The first-order chi connectivity index (χ1) is 12.6. The van der Waals surface area contributed by atoms with Gasteiger partial charge in [0.2, 0.25) is 0 Å². The number of aliphatic hydroxyl groups is 1. The van der Waals surface area contributed by atoms with Crippen molar-refractivity contribution >= 4 is 17.0 Å². The fraction of sp³-hybridized carbons (Fsp3) is 0.650. The van der Waals surface area contributed by atoms with Crippen molar-refractivity contribution < 1.29 is 14.4 Å². The number of carbonyl (C=O) groups excluding carboxylic acids is 1. The number of aryl methyl sites for hydroxylation is 2. The van der Waals surface area contributed by atoms with E-state index in [-0.39, 0.29) is 30.0 Å². The standard InChI is InChI=1S/C20H25N3O3/c1-3-20(10-24)9-12-7-8-15(20)23(12)19(25)17-13-5-4-6-14(13)21-18-16(17)11(2)22-26-18/h12,15,24H,3-10H2,1-2H3/t12-,15+,20-/m0/s1. The number of aliphatic hydroxyl groups excluding tert-OH is 1. The fourth-order valence-corrected chi connectivity index (χ4v) is 5.74. The number of hydrogen-bond acceptors (Lipinski definition) is 5. The van der Waals surface area contributed by atoms with E-state index in [0.29, 0.717) is 5.71 Å². The van der Waals surface area contributed by atoms with Gasteiger partial charge in [-0.25, -0.2) is 4.98 Å². The van der Waals surface area contributed by atoms with Crippen LogP contribution in [-0.4, -0.2) is 44.7 Å². The molecule has 2 saturated heterocycles. The predicted molar refractivity (Wildman–Crippen MR) is 96.0 cm³/mol. The first kappa shape index (κ1) is 16.2. The third-order valence-electron chi connectivity index (χ3n) is 7.14. The van der Waals surface area contributed by atoms with Gasteiger partial charge in [0.05, 0.1) is 23.3 Å². The second kappa shape index (κ2) is 5.52. The van der Waals surface area contributed by atoms with Crippen molar-refractivity contribution in [1.82, 2.24) is 15.0 Å². The number of fused-ring (bicyclic) bond motifs is 4. The molecule has 0 radical (unpaired) electrons. The fourth-order valence-electron chi connectivity index (χ4n) is 5.74. The summed E-state index contributed by atoms with van der Waals surface area (Å²) in [5, 5.41) is 14.9. The molecule has 2 aromatic heterocycles. The van der Waals surface area contributed by atoms with Crippen LogP contribution in [-0.2, 0) is 12.8 Å². The maximum Gasteiger partial charge on any atom is 0.259 e. The van der Waals surface area contributed by atoms with E-state index in [0.717, 1.165) is 72.8 Å². The van der Waals surface area contributed by atoms with E-state index >= 15 is 0 Å². The summed E-state index contributed by atoms with van der Waals surface area (Å²) in [6.45, 7) is 4.17. The summed E-state index contributed by atoms with van der Waals surface area (Å²) < 4.78 is 5.41. The predicted octanol–water partition coefficient (Wildman–Crippen LogP) is 2.79. The summed E-state index contributed by atoms with van der Waals surface area (Å²) in [6.07, 6.45) is 6.67. The SMILES string of the molecule is CC[C@@]1(CO)C[C@@H]2CC[C@H]1N2C(=O)c1c2c(nc3onc(C)c13)CCC2. The molecule has 2 aromatic rings. The molecule has 26 heavy (non-hydrogen) atoms. The molecule has 1 N–H and O–H groups in total. The number of rotatable bonds is 3. The maximum absolute atomic E-state index is 13.8. The van der Waals surface area contributed by atoms with Crippen LogP contribution in [0.5, 0.6) is 0 Å². The van der Waals surface area contributed by atoms with Crippen LogP contribution in [0.3, 0.4) is 0 Å². The molecule has 0 saturated carbocycles. The van der Waals surface area contributed by atoms with Crippen molar-refractivity contribution in [3.8, 4) is 0 Å². The van der Waals surface area contributed by atoms with Crippen molar-refractivity contribution in [2.75, 3.05) is 6.61 Å². The van der Waals surface area contributed by atoms with E-state index in [1.807, 2.05) is 6.92 Å². The largest absolute Gasteiger partial charge is 0.396 e. The van der Waals surface area contributed by atoms with Gasteiger partial charge >= 0.3 is 0 Å². The summed E-state index contributed by atoms with van der Waals surface area (Å²) in [5.74, 6) is 0.0955. The highest BCUT2D eigenvalue weighted by Crippen LogP contribution is 2.52. The van der Waals surface area contributed by atoms with Crippen LogP contribution < -0.4 is 0 Å². The van der Waals surface area contributed by atoms with Gasteiger partial charge in [0.25, 0.3) is 11.6 Å². The van der Waals surface area contributed by atoms with Crippen LogP contribution >= 0.6 is 0 Å². The Hall–Kier alpha value is -1.95. The molecular formula is C20H25N3O3. The first-order valence-corrected chi connectivity index (χ1v) is 9.81. The monoisotopic (exact) mass is 355 g/mol. The van der Waals surface area contributed by atoms with Gasteiger partial charge in [0.1, 0.15) is 0 Å². The van der Waals surface area contributed by atoms with E-state index in [1.54, 1.807) is 0 Å². The Morgan fingerprint density at radius 3 is 2.96 bits per heavy atom. The Balaban J connectivity index is 1.66. The average molecular weight is 355 g/mol. The van der Waals surface area contributed by atoms with Gasteiger partial charge in [-0.15, -0.1) is 0 Å². The average Bonchev–Trinajstić information content (AvgIpc) is 3.42. The van der Waals surface area contributed by atoms with E-state index in [9.17, 15) is 9.90 Å². The number of hydrogen-bond donors (Lipinski definition) is 1. The smallest absolute Gasteiger partial charge is 0.259 e. The van der Waals surface area contributed by atoms with Gasteiger partial charge in [0, 0.05) is 23.2 Å². The van der Waals surface area contributed by atoms with Crippen molar-refractivity contribution in [2.45, 2.75) is 70.9 Å². The molecule has 138 valence electrons. The molecule has 5 rings (SSSR count). The molecule has 2 bridgehead atoms. The number of nitrogens with zero attached hydrogens (tertiary/aromatic N) is 3. The van der Waals surface area contributed by atoms with Crippen molar-refractivity contribution in [3.63, 3.8) is 0 Å². The zero-order valence-corrected chi connectivity index (χ0v) is 15.4. The molecular weight excluding hydrogens is 330 g/mol. The lowest BCUT2D eigenvalue weighted by Gasteiger charge is -2.35. The molecule has 1 amide bonds. The molecule has 2 aliphatic heterocycles. The minimum Gasteiger partial charge on any atom is -0.396 e. The van der Waals surface area contributed by atoms with Crippen LogP contribution in [0.2, 0.25) is 0 Å². The molecule has 1 aliphatic carbocycles. The summed E-state index contributed by atoms with van der Waals surface area (Å²) >= 11 is 0. The quantitative estimate of drug-likeness (QED) is 0.916. The second-order valence-corrected chi connectivity index (χ2v) is 8.25. The topological polar surface area (TPSA) is 79.5 Å². The lowest BCUT2D eigenvalue weighted by Crippen LogP contribution is -2.42. The molecule has 0 spiro atoms. The van der Waals surface area contributed by atoms with Crippen LogP contribution in [0.4, 0.5) is 0 Å². The van der Waals surface area contributed by atoms with Crippen molar-refractivity contribution in [2.24, 2.45) is 5.41 Å². The number of amides is 1. The first-order valence-electron chi connectivity index (χ1n) is 9.81. The highest BCUT2D eigenvalue weighted by atomic mass is 16.5. The van der Waals surface area contributed by atoms with Crippen LogP contribution in [0, 0.1) is 12.3 Å². The molecule has 0 unspecified atom stereocenters. The van der Waals surface area contributed by atoms with Gasteiger partial charge in [-0.2, -0.15) is 0 Å². The normalized spacial score (nSPS) is 29.7. The Bertz CT molecular complexity index is 899. The van der Waals surface area contributed by atoms with Gasteiger partial charge in [-0.1, -0.05) is 12.1 Å². The third-order valence-corrected chi connectivity index (χ3v) is 7.14. The number of aromatic nitrogens is 2. The minimum absolute atomic E-state index is 0.0955. The Kier molecular flexibility index (Phi) is 3.45. The molecule has 2 fully saturated rings. The van der Waals surface area contributed by atoms with Gasteiger partial charge in [0.15, 0.2) is 0 Å². The second-order valence-electron chi connectivity index (χ2n) is 8.25. The van der Waals surface area contributed by atoms with Crippen LogP contribution in [0.15, 0.2) is 4.52 Å². The lowest BCUT2D eigenvalue weighted by molar-refractivity contribution is 0.0557. The highest BCUT2D eigenvalue weighted by Gasteiger charge is 2.56. The molecule has 3 aliphatic rings. The molecule has 0 aromatic carbocycles.